The molecule has 1 fully saturated rings. The normalized spacial score (nSPS) is 15.2. The van der Waals surface area contributed by atoms with Gasteiger partial charge in [0.2, 0.25) is 0 Å². The summed E-state index contributed by atoms with van der Waals surface area (Å²) in [6.07, 6.45) is 2.11. The molecule has 0 amide bonds. The average molecular weight is 378 g/mol. The molecule has 2 aromatic heterocycles. The molecule has 3 heterocycles. The third-order valence-electron chi connectivity index (χ3n) is 5.19. The van der Waals surface area contributed by atoms with Gasteiger partial charge in [-0.15, -0.1) is 0 Å². The molecule has 1 aliphatic heterocycles. The monoisotopic (exact) mass is 378 g/mol. The van der Waals surface area contributed by atoms with E-state index in [1.807, 2.05) is 36.9 Å². The number of nitrogens with zero attached hydrogens (tertiary/aromatic N) is 6. The molecule has 0 spiro atoms. The van der Waals surface area contributed by atoms with E-state index >= 15 is 0 Å². The molecule has 28 heavy (non-hydrogen) atoms. The van der Waals surface area contributed by atoms with Gasteiger partial charge in [0.05, 0.1) is 11.3 Å². The summed E-state index contributed by atoms with van der Waals surface area (Å²) in [4.78, 5) is 14.0. The first-order valence-corrected chi connectivity index (χ1v) is 9.60. The van der Waals surface area contributed by atoms with E-state index in [0.717, 1.165) is 49.9 Å². The van der Waals surface area contributed by atoms with Gasteiger partial charge in [-0.3, -0.25) is 9.58 Å². The van der Waals surface area contributed by atoms with E-state index in [1.165, 1.54) is 5.56 Å². The first-order chi connectivity index (χ1) is 13.5. The van der Waals surface area contributed by atoms with Crippen LogP contribution in [0.25, 0.3) is 11.4 Å². The molecule has 0 unspecified atom stereocenters. The molecule has 1 saturated heterocycles. The summed E-state index contributed by atoms with van der Waals surface area (Å²) in [6, 6.07) is 9.23. The molecule has 7 nitrogen and oxygen atoms in total. The molecule has 1 N–H and O–H groups in total. The lowest BCUT2D eigenvalue weighted by Gasteiger charge is -2.35. The van der Waals surface area contributed by atoms with E-state index in [1.54, 1.807) is 12.1 Å². The van der Waals surface area contributed by atoms with Crippen molar-refractivity contribution in [2.45, 2.75) is 20.4 Å². The maximum absolute atomic E-state index is 10.1. The van der Waals surface area contributed by atoms with Crippen LogP contribution in [0.1, 0.15) is 17.0 Å². The van der Waals surface area contributed by atoms with Crippen LogP contribution in [0, 0.1) is 13.8 Å². The van der Waals surface area contributed by atoms with Crippen LogP contribution in [0.2, 0.25) is 0 Å². The number of para-hydroxylation sites is 1. The fourth-order valence-electron chi connectivity index (χ4n) is 3.68. The Balaban J connectivity index is 1.47. The zero-order valence-electron chi connectivity index (χ0n) is 16.6. The number of piperazine rings is 1. The average Bonchev–Trinajstić information content (AvgIpc) is 2.99. The fourth-order valence-corrected chi connectivity index (χ4v) is 3.68. The van der Waals surface area contributed by atoms with Crippen molar-refractivity contribution in [1.82, 2.24) is 24.6 Å². The van der Waals surface area contributed by atoms with Crippen LogP contribution in [0.15, 0.2) is 36.5 Å². The number of benzene rings is 1. The first kappa shape index (κ1) is 18.4. The third-order valence-corrected chi connectivity index (χ3v) is 5.19. The second-order valence-electron chi connectivity index (χ2n) is 7.38. The third kappa shape index (κ3) is 3.84. The summed E-state index contributed by atoms with van der Waals surface area (Å²) < 4.78 is 1.88. The molecule has 0 aliphatic carbocycles. The van der Waals surface area contributed by atoms with Crippen LogP contribution >= 0.6 is 0 Å². The Labute approximate surface area is 165 Å². The Kier molecular flexibility index (Phi) is 5.00. The zero-order chi connectivity index (χ0) is 19.7. The Morgan fingerprint density at radius 3 is 2.46 bits per heavy atom. The molecule has 3 aromatic rings. The van der Waals surface area contributed by atoms with Crippen molar-refractivity contribution in [3.63, 3.8) is 0 Å². The van der Waals surface area contributed by atoms with E-state index in [9.17, 15) is 5.11 Å². The fraction of sp³-hybridized carbons (Fsp3) is 0.381. The summed E-state index contributed by atoms with van der Waals surface area (Å²) in [5.41, 5.74) is 3.95. The molecule has 0 saturated carbocycles. The number of hydrogen-bond donors (Lipinski definition) is 1. The standard InChI is InChI=1S/C21H26N6O/c1-15-12-20(23-21(22-15)18-6-4-5-7-19(18)28)27-10-8-26(9-11-27)14-17-13-25(3)24-16(17)2/h4-7,12-13,28H,8-11,14H2,1-3H3. The highest BCUT2D eigenvalue weighted by molar-refractivity contribution is 5.65. The van der Waals surface area contributed by atoms with Gasteiger partial charge in [0, 0.05) is 63.3 Å². The van der Waals surface area contributed by atoms with Gasteiger partial charge in [0.25, 0.3) is 0 Å². The Morgan fingerprint density at radius 2 is 1.79 bits per heavy atom. The highest BCUT2D eigenvalue weighted by Gasteiger charge is 2.20. The van der Waals surface area contributed by atoms with Gasteiger partial charge in [-0.05, 0) is 26.0 Å². The summed E-state index contributed by atoms with van der Waals surface area (Å²) in [5.74, 6) is 1.69. The van der Waals surface area contributed by atoms with E-state index in [0.29, 0.717) is 11.4 Å². The topological polar surface area (TPSA) is 70.3 Å². The van der Waals surface area contributed by atoms with Crippen molar-refractivity contribution in [2.75, 3.05) is 31.1 Å². The van der Waals surface area contributed by atoms with Crippen molar-refractivity contribution < 1.29 is 5.11 Å². The lowest BCUT2D eigenvalue weighted by molar-refractivity contribution is 0.249. The van der Waals surface area contributed by atoms with Crippen molar-refractivity contribution in [1.29, 1.82) is 0 Å². The number of aromatic nitrogens is 4. The van der Waals surface area contributed by atoms with Crippen LogP contribution in [0.3, 0.4) is 0 Å². The number of rotatable bonds is 4. The molecule has 7 heteroatoms. The summed E-state index contributed by atoms with van der Waals surface area (Å²) in [6.45, 7) is 8.74. The molecule has 4 rings (SSSR count). The van der Waals surface area contributed by atoms with Crippen molar-refractivity contribution in [3.8, 4) is 17.1 Å². The maximum Gasteiger partial charge on any atom is 0.165 e. The lowest BCUT2D eigenvalue weighted by Crippen LogP contribution is -2.46. The maximum atomic E-state index is 10.1. The lowest BCUT2D eigenvalue weighted by atomic mass is 10.2. The van der Waals surface area contributed by atoms with E-state index in [-0.39, 0.29) is 5.75 Å². The number of aromatic hydroxyl groups is 1. The van der Waals surface area contributed by atoms with Crippen molar-refractivity contribution in [2.24, 2.45) is 7.05 Å². The van der Waals surface area contributed by atoms with E-state index < -0.39 is 0 Å². The second-order valence-corrected chi connectivity index (χ2v) is 7.38. The predicted octanol–water partition coefficient (Wildman–Crippen LogP) is 2.52. The summed E-state index contributed by atoms with van der Waals surface area (Å²) in [7, 11) is 1.97. The smallest absolute Gasteiger partial charge is 0.165 e. The predicted molar refractivity (Wildman–Crippen MR) is 109 cm³/mol. The van der Waals surface area contributed by atoms with E-state index in [2.05, 4.69) is 33.0 Å². The van der Waals surface area contributed by atoms with Crippen LogP contribution in [0.4, 0.5) is 5.82 Å². The highest BCUT2D eigenvalue weighted by Crippen LogP contribution is 2.28. The van der Waals surface area contributed by atoms with Gasteiger partial charge in [-0.25, -0.2) is 9.97 Å². The number of phenolic OH excluding ortho intramolecular Hbond substituents is 1. The zero-order valence-corrected chi connectivity index (χ0v) is 16.6. The van der Waals surface area contributed by atoms with Crippen LogP contribution in [-0.2, 0) is 13.6 Å². The molecular weight excluding hydrogens is 352 g/mol. The minimum absolute atomic E-state index is 0.204. The number of phenols is 1. The van der Waals surface area contributed by atoms with Crippen LogP contribution in [-0.4, -0.2) is 55.9 Å². The van der Waals surface area contributed by atoms with E-state index in [4.69, 9.17) is 4.98 Å². The van der Waals surface area contributed by atoms with Gasteiger partial charge in [0.15, 0.2) is 5.82 Å². The molecular formula is C21H26N6O. The molecule has 0 bridgehead atoms. The highest BCUT2D eigenvalue weighted by atomic mass is 16.3. The summed E-state index contributed by atoms with van der Waals surface area (Å²) in [5, 5.41) is 14.6. The van der Waals surface area contributed by atoms with Gasteiger partial charge in [-0.1, -0.05) is 12.1 Å². The minimum atomic E-state index is 0.204. The number of anilines is 1. The molecule has 1 aliphatic rings. The molecule has 1 aromatic carbocycles. The van der Waals surface area contributed by atoms with Crippen molar-refractivity contribution in [3.05, 3.63) is 53.5 Å². The van der Waals surface area contributed by atoms with Gasteiger partial charge < -0.3 is 10.0 Å². The van der Waals surface area contributed by atoms with Gasteiger partial charge in [-0.2, -0.15) is 5.10 Å². The Bertz CT molecular complexity index is 975. The van der Waals surface area contributed by atoms with Crippen molar-refractivity contribution >= 4 is 5.82 Å². The number of hydrogen-bond acceptors (Lipinski definition) is 6. The molecule has 146 valence electrons. The quantitative estimate of drug-likeness (QED) is 0.752. The SMILES string of the molecule is Cc1cc(N2CCN(Cc3cn(C)nc3C)CC2)nc(-c2ccccc2O)n1. The first-order valence-electron chi connectivity index (χ1n) is 9.60. The Morgan fingerprint density at radius 1 is 1.04 bits per heavy atom. The minimum Gasteiger partial charge on any atom is -0.507 e. The Hall–Kier alpha value is -2.93. The summed E-state index contributed by atoms with van der Waals surface area (Å²) >= 11 is 0. The second kappa shape index (κ2) is 7.59. The largest absolute Gasteiger partial charge is 0.507 e. The molecule has 0 radical (unpaired) electrons. The molecule has 0 atom stereocenters. The van der Waals surface area contributed by atoms with Gasteiger partial charge >= 0.3 is 0 Å². The van der Waals surface area contributed by atoms with Crippen LogP contribution < -0.4 is 4.90 Å². The number of aryl methyl sites for hydroxylation is 3. The van der Waals surface area contributed by atoms with Gasteiger partial charge in [0.1, 0.15) is 11.6 Å². The van der Waals surface area contributed by atoms with Crippen LogP contribution in [0.5, 0.6) is 5.75 Å².